The zero-order valence-electron chi connectivity index (χ0n) is 13.1. The van der Waals surface area contributed by atoms with E-state index in [-0.39, 0.29) is 0 Å². The highest BCUT2D eigenvalue weighted by Gasteiger charge is 2.21. The van der Waals surface area contributed by atoms with Crippen molar-refractivity contribution in [3.63, 3.8) is 0 Å². The van der Waals surface area contributed by atoms with Crippen LogP contribution in [0.25, 0.3) is 0 Å². The van der Waals surface area contributed by atoms with E-state index >= 15 is 0 Å². The molecule has 2 rings (SSSR count). The molecule has 0 bridgehead atoms. The fourth-order valence-corrected chi connectivity index (χ4v) is 2.28. The van der Waals surface area contributed by atoms with Gasteiger partial charge < -0.3 is 20.3 Å². The molecule has 7 heteroatoms. The first kappa shape index (κ1) is 16.2. The van der Waals surface area contributed by atoms with Crippen LogP contribution in [0.2, 0.25) is 0 Å². The number of methoxy groups -OCH3 is 1. The highest BCUT2D eigenvalue weighted by molar-refractivity contribution is 5.44. The fourth-order valence-electron chi connectivity index (χ4n) is 2.28. The summed E-state index contributed by atoms with van der Waals surface area (Å²) in [5, 5.41) is 6.23. The summed E-state index contributed by atoms with van der Waals surface area (Å²) in [6.07, 6.45) is 5.82. The van der Waals surface area contributed by atoms with E-state index in [2.05, 4.69) is 43.6 Å². The molecule has 1 aliphatic heterocycles. The number of nitrogens with zero attached hydrogens (tertiary/aromatic N) is 4. The molecule has 1 fully saturated rings. The Morgan fingerprint density at radius 2 is 1.64 bits per heavy atom. The van der Waals surface area contributed by atoms with E-state index in [0.717, 1.165) is 25.9 Å². The van der Waals surface area contributed by atoms with Crippen LogP contribution in [0.15, 0.2) is 25.3 Å². The maximum Gasteiger partial charge on any atom is 0.231 e. The molecule has 0 saturated carbocycles. The lowest BCUT2D eigenvalue weighted by Gasteiger charge is -2.31. The monoisotopic (exact) mass is 304 g/mol. The van der Waals surface area contributed by atoms with Gasteiger partial charge in [0.15, 0.2) is 0 Å². The molecule has 1 saturated heterocycles. The van der Waals surface area contributed by atoms with Crippen LogP contribution in [0.3, 0.4) is 0 Å². The third-order valence-electron chi connectivity index (χ3n) is 3.49. The summed E-state index contributed by atoms with van der Waals surface area (Å²) in [4.78, 5) is 15.5. The molecule has 0 aliphatic carbocycles. The van der Waals surface area contributed by atoms with Crippen LogP contribution in [0.5, 0.6) is 0 Å². The molecule has 1 aliphatic rings. The maximum absolute atomic E-state index is 5.40. The van der Waals surface area contributed by atoms with Crippen molar-refractivity contribution in [1.82, 2.24) is 15.0 Å². The van der Waals surface area contributed by atoms with Crippen LogP contribution in [-0.4, -0.2) is 54.3 Å². The third kappa shape index (κ3) is 4.42. The summed E-state index contributed by atoms with van der Waals surface area (Å²) < 4.78 is 5.40. The second-order valence-corrected chi connectivity index (χ2v) is 5.04. The molecule has 120 valence electrons. The SMILES string of the molecule is C=CCNc1nc(NCC=C)nc(N2CCC(OC)CC2)n1. The largest absolute Gasteiger partial charge is 0.381 e. The Hall–Kier alpha value is -2.15. The van der Waals surface area contributed by atoms with E-state index in [4.69, 9.17) is 4.74 Å². The van der Waals surface area contributed by atoms with Crippen LogP contribution in [0, 0.1) is 0 Å². The maximum atomic E-state index is 5.40. The van der Waals surface area contributed by atoms with Crippen LogP contribution >= 0.6 is 0 Å². The molecule has 1 aromatic rings. The van der Waals surface area contributed by atoms with E-state index in [1.54, 1.807) is 19.3 Å². The Labute approximate surface area is 131 Å². The summed E-state index contributed by atoms with van der Waals surface area (Å²) in [7, 11) is 1.76. The Morgan fingerprint density at radius 3 is 2.09 bits per heavy atom. The van der Waals surface area contributed by atoms with Gasteiger partial charge in [0, 0.05) is 33.3 Å². The Balaban J connectivity index is 2.13. The molecule has 0 aromatic carbocycles. The summed E-state index contributed by atoms with van der Waals surface area (Å²) in [6, 6.07) is 0. The highest BCUT2D eigenvalue weighted by Crippen LogP contribution is 2.20. The first-order valence-electron chi connectivity index (χ1n) is 7.50. The minimum absolute atomic E-state index is 0.329. The lowest BCUT2D eigenvalue weighted by atomic mass is 10.1. The molecule has 0 amide bonds. The van der Waals surface area contributed by atoms with Gasteiger partial charge in [0.1, 0.15) is 0 Å². The van der Waals surface area contributed by atoms with Crippen molar-refractivity contribution in [2.75, 3.05) is 48.8 Å². The van der Waals surface area contributed by atoms with Gasteiger partial charge in [0.25, 0.3) is 0 Å². The molecule has 2 heterocycles. The van der Waals surface area contributed by atoms with Crippen LogP contribution in [-0.2, 0) is 4.74 Å². The van der Waals surface area contributed by atoms with Gasteiger partial charge in [-0.3, -0.25) is 0 Å². The summed E-state index contributed by atoms with van der Waals surface area (Å²) >= 11 is 0. The van der Waals surface area contributed by atoms with Crippen molar-refractivity contribution in [3.8, 4) is 0 Å². The number of rotatable bonds is 8. The Kier molecular flexibility index (Phi) is 6.14. The molecule has 7 nitrogen and oxygen atoms in total. The molecule has 1 aromatic heterocycles. The Bertz CT molecular complexity index is 469. The number of hydrogen-bond acceptors (Lipinski definition) is 7. The second kappa shape index (κ2) is 8.33. The highest BCUT2D eigenvalue weighted by atomic mass is 16.5. The zero-order chi connectivity index (χ0) is 15.8. The van der Waals surface area contributed by atoms with Gasteiger partial charge in [0.05, 0.1) is 6.10 Å². The van der Waals surface area contributed by atoms with E-state index in [1.807, 2.05) is 0 Å². The van der Waals surface area contributed by atoms with Crippen molar-refractivity contribution in [3.05, 3.63) is 25.3 Å². The van der Waals surface area contributed by atoms with Crippen molar-refractivity contribution < 1.29 is 4.74 Å². The van der Waals surface area contributed by atoms with Gasteiger partial charge >= 0.3 is 0 Å². The second-order valence-electron chi connectivity index (χ2n) is 5.04. The molecular weight excluding hydrogens is 280 g/mol. The van der Waals surface area contributed by atoms with Crippen molar-refractivity contribution in [2.45, 2.75) is 18.9 Å². The quantitative estimate of drug-likeness (QED) is 0.708. The van der Waals surface area contributed by atoms with Gasteiger partial charge in [0.2, 0.25) is 17.8 Å². The van der Waals surface area contributed by atoms with Crippen molar-refractivity contribution in [2.24, 2.45) is 0 Å². The molecule has 0 radical (unpaired) electrons. The molecule has 0 unspecified atom stereocenters. The first-order chi connectivity index (χ1) is 10.8. The minimum atomic E-state index is 0.329. The number of piperidine rings is 1. The van der Waals surface area contributed by atoms with Crippen molar-refractivity contribution >= 4 is 17.8 Å². The van der Waals surface area contributed by atoms with Crippen LogP contribution in [0.4, 0.5) is 17.8 Å². The lowest BCUT2D eigenvalue weighted by Crippen LogP contribution is -2.38. The number of ether oxygens (including phenoxy) is 1. The molecule has 22 heavy (non-hydrogen) atoms. The van der Waals surface area contributed by atoms with Crippen LogP contribution in [0.1, 0.15) is 12.8 Å². The van der Waals surface area contributed by atoms with Crippen LogP contribution < -0.4 is 15.5 Å². The summed E-state index contributed by atoms with van der Waals surface area (Å²) in [6.45, 7) is 10.4. The zero-order valence-corrected chi connectivity index (χ0v) is 13.1. The first-order valence-corrected chi connectivity index (χ1v) is 7.50. The lowest BCUT2D eigenvalue weighted by molar-refractivity contribution is 0.0816. The molecular formula is C15H24N6O. The fraction of sp³-hybridized carbons (Fsp3) is 0.533. The van der Waals surface area contributed by atoms with Gasteiger partial charge in [-0.25, -0.2) is 0 Å². The Morgan fingerprint density at radius 1 is 1.09 bits per heavy atom. The standard InChI is InChI=1S/C15H24N6O/c1-4-8-16-13-18-14(17-9-5-2)20-15(19-13)21-10-6-12(22-3)7-11-21/h4-5,12H,1-2,6-11H2,3H3,(H2,16,17,18,19,20). The average Bonchev–Trinajstić information content (AvgIpc) is 2.58. The number of anilines is 3. The van der Waals surface area contributed by atoms with Gasteiger partial charge in [-0.15, -0.1) is 13.2 Å². The molecule has 0 atom stereocenters. The van der Waals surface area contributed by atoms with E-state index in [1.165, 1.54) is 0 Å². The molecule has 2 N–H and O–H groups in total. The summed E-state index contributed by atoms with van der Waals surface area (Å²) in [5.41, 5.74) is 0. The number of aromatic nitrogens is 3. The number of hydrogen-bond donors (Lipinski definition) is 2. The predicted octanol–water partition coefficient (Wildman–Crippen LogP) is 1.68. The van der Waals surface area contributed by atoms with E-state index in [0.29, 0.717) is 37.0 Å². The third-order valence-corrected chi connectivity index (χ3v) is 3.49. The van der Waals surface area contributed by atoms with Gasteiger partial charge in [-0.05, 0) is 12.8 Å². The van der Waals surface area contributed by atoms with Gasteiger partial charge in [-0.2, -0.15) is 15.0 Å². The van der Waals surface area contributed by atoms with E-state index < -0.39 is 0 Å². The topological polar surface area (TPSA) is 75.2 Å². The van der Waals surface area contributed by atoms with Gasteiger partial charge in [-0.1, -0.05) is 12.2 Å². The summed E-state index contributed by atoms with van der Waals surface area (Å²) in [5.74, 6) is 1.78. The average molecular weight is 304 g/mol. The normalized spacial score (nSPS) is 15.4. The smallest absolute Gasteiger partial charge is 0.231 e. The predicted molar refractivity (Wildman–Crippen MR) is 89.4 cm³/mol. The minimum Gasteiger partial charge on any atom is -0.381 e. The number of nitrogens with one attached hydrogen (secondary N) is 2. The molecule has 0 spiro atoms. The van der Waals surface area contributed by atoms with E-state index in [9.17, 15) is 0 Å². The van der Waals surface area contributed by atoms with Crippen molar-refractivity contribution in [1.29, 1.82) is 0 Å².